The van der Waals surface area contributed by atoms with Crippen LogP contribution in [0.1, 0.15) is 38.3 Å². The first-order chi connectivity index (χ1) is 9.29. The molecule has 0 bridgehead atoms. The summed E-state index contributed by atoms with van der Waals surface area (Å²) in [6.07, 6.45) is 6.03. The third-order valence-corrected chi connectivity index (χ3v) is 4.21. The number of fused-ring (bicyclic) bond motifs is 1. The molecule has 1 saturated carbocycles. The second-order valence-corrected chi connectivity index (χ2v) is 5.67. The first kappa shape index (κ1) is 12.7. The lowest BCUT2D eigenvalue weighted by Crippen LogP contribution is -2.22. The van der Waals surface area contributed by atoms with E-state index < -0.39 is 0 Å². The van der Waals surface area contributed by atoms with Crippen LogP contribution in [-0.2, 0) is 13.0 Å². The molecule has 0 spiro atoms. The number of para-hydroxylation sites is 1. The molecule has 1 heterocycles. The van der Waals surface area contributed by atoms with Gasteiger partial charge in [0.15, 0.2) is 0 Å². The van der Waals surface area contributed by atoms with Gasteiger partial charge in [0.1, 0.15) is 0 Å². The fourth-order valence-corrected chi connectivity index (χ4v) is 2.89. The lowest BCUT2D eigenvalue weighted by molar-refractivity contribution is 0.525. The van der Waals surface area contributed by atoms with E-state index >= 15 is 0 Å². The van der Waals surface area contributed by atoms with Crippen LogP contribution in [0, 0.1) is 5.92 Å². The number of aryl methyl sites for hydroxylation is 2. The summed E-state index contributed by atoms with van der Waals surface area (Å²) in [7, 11) is 0. The second-order valence-electron chi connectivity index (χ2n) is 5.67. The smallest absolute Gasteiger partial charge is 0.0703 e. The Balaban J connectivity index is 1.69. The summed E-state index contributed by atoms with van der Waals surface area (Å²) in [4.78, 5) is 0. The zero-order valence-electron chi connectivity index (χ0n) is 11.7. The highest BCUT2D eigenvalue weighted by atomic mass is 15.3. The molecule has 3 nitrogen and oxygen atoms in total. The Kier molecular flexibility index (Phi) is 3.56. The molecule has 0 radical (unpaired) electrons. The summed E-state index contributed by atoms with van der Waals surface area (Å²) in [6, 6.07) is 8.95. The monoisotopic (exact) mass is 257 g/mol. The number of benzene rings is 1. The summed E-state index contributed by atoms with van der Waals surface area (Å²) in [5.41, 5.74) is 8.65. The number of hydrogen-bond donors (Lipinski definition) is 1. The topological polar surface area (TPSA) is 43.8 Å². The van der Waals surface area contributed by atoms with Crippen LogP contribution in [-0.4, -0.2) is 15.8 Å². The fourth-order valence-electron chi connectivity index (χ4n) is 2.89. The van der Waals surface area contributed by atoms with Gasteiger partial charge in [-0.2, -0.15) is 5.10 Å². The van der Waals surface area contributed by atoms with Crippen molar-refractivity contribution in [3.05, 3.63) is 30.0 Å². The summed E-state index contributed by atoms with van der Waals surface area (Å²) in [6.45, 7) is 3.08. The maximum atomic E-state index is 6.16. The molecule has 1 unspecified atom stereocenters. The van der Waals surface area contributed by atoms with E-state index in [2.05, 4.69) is 35.9 Å². The molecular weight excluding hydrogens is 234 g/mol. The molecule has 0 amide bonds. The Bertz CT molecular complexity index is 554. The van der Waals surface area contributed by atoms with Crippen molar-refractivity contribution in [3.63, 3.8) is 0 Å². The highest BCUT2D eigenvalue weighted by Gasteiger charge is 2.27. The highest BCUT2D eigenvalue weighted by molar-refractivity contribution is 5.81. The Morgan fingerprint density at radius 2 is 2.16 bits per heavy atom. The van der Waals surface area contributed by atoms with Gasteiger partial charge in [-0.05, 0) is 51.0 Å². The van der Waals surface area contributed by atoms with Crippen LogP contribution < -0.4 is 5.73 Å². The van der Waals surface area contributed by atoms with Gasteiger partial charge in [0.05, 0.1) is 11.2 Å². The van der Waals surface area contributed by atoms with Gasteiger partial charge in [-0.25, -0.2) is 0 Å². The standard InChI is InChI=1S/C16H23N3/c1-2-19-16-9-4-3-6-13(16)15(18-19)8-5-7-14(17)12-10-11-12/h3-4,6,9,12,14H,2,5,7-8,10-11,17H2,1H3. The number of nitrogens with zero attached hydrogens (tertiary/aromatic N) is 2. The van der Waals surface area contributed by atoms with Gasteiger partial charge in [0.25, 0.3) is 0 Å². The summed E-state index contributed by atoms with van der Waals surface area (Å²) >= 11 is 0. The SMILES string of the molecule is CCn1nc(CCCC(N)C2CC2)c2ccccc21. The molecule has 102 valence electrons. The zero-order valence-corrected chi connectivity index (χ0v) is 11.7. The van der Waals surface area contributed by atoms with Crippen molar-refractivity contribution in [3.8, 4) is 0 Å². The third kappa shape index (κ3) is 2.66. The van der Waals surface area contributed by atoms with Crippen LogP contribution in [0.15, 0.2) is 24.3 Å². The van der Waals surface area contributed by atoms with E-state index in [9.17, 15) is 0 Å². The van der Waals surface area contributed by atoms with E-state index in [-0.39, 0.29) is 0 Å². The van der Waals surface area contributed by atoms with Gasteiger partial charge >= 0.3 is 0 Å². The van der Waals surface area contributed by atoms with Crippen LogP contribution in [0.3, 0.4) is 0 Å². The normalized spacial score (nSPS) is 16.9. The van der Waals surface area contributed by atoms with Crippen molar-refractivity contribution in [2.75, 3.05) is 0 Å². The van der Waals surface area contributed by atoms with Crippen molar-refractivity contribution in [2.45, 2.75) is 51.6 Å². The van der Waals surface area contributed by atoms with E-state index in [0.29, 0.717) is 6.04 Å². The van der Waals surface area contributed by atoms with E-state index in [1.807, 2.05) is 0 Å². The average molecular weight is 257 g/mol. The van der Waals surface area contributed by atoms with Gasteiger partial charge < -0.3 is 5.73 Å². The Labute approximate surface area is 114 Å². The van der Waals surface area contributed by atoms with Crippen LogP contribution in [0.5, 0.6) is 0 Å². The molecule has 1 aromatic carbocycles. The molecule has 3 heteroatoms. The van der Waals surface area contributed by atoms with Crippen molar-refractivity contribution in [2.24, 2.45) is 11.7 Å². The van der Waals surface area contributed by atoms with E-state index in [4.69, 9.17) is 10.8 Å². The Morgan fingerprint density at radius 1 is 1.37 bits per heavy atom. The largest absolute Gasteiger partial charge is 0.327 e. The first-order valence-corrected chi connectivity index (χ1v) is 7.49. The van der Waals surface area contributed by atoms with Gasteiger partial charge in [-0.15, -0.1) is 0 Å². The molecule has 1 aliphatic carbocycles. The van der Waals surface area contributed by atoms with Crippen molar-refractivity contribution in [1.82, 2.24) is 9.78 Å². The minimum atomic E-state index is 0.416. The molecule has 1 aliphatic rings. The van der Waals surface area contributed by atoms with Gasteiger partial charge in [0.2, 0.25) is 0 Å². The van der Waals surface area contributed by atoms with Gasteiger partial charge in [0, 0.05) is 18.0 Å². The molecule has 19 heavy (non-hydrogen) atoms. The number of nitrogens with two attached hydrogens (primary N) is 1. The van der Waals surface area contributed by atoms with Crippen LogP contribution in [0.4, 0.5) is 0 Å². The Hall–Kier alpha value is -1.35. The molecule has 3 rings (SSSR count). The molecule has 1 fully saturated rings. The van der Waals surface area contributed by atoms with Crippen molar-refractivity contribution >= 4 is 10.9 Å². The molecular formula is C16H23N3. The predicted octanol–water partition coefficient (Wildman–Crippen LogP) is 3.12. The zero-order chi connectivity index (χ0) is 13.2. The number of rotatable bonds is 6. The molecule has 1 atom stereocenters. The molecule has 0 saturated heterocycles. The van der Waals surface area contributed by atoms with Crippen LogP contribution in [0.2, 0.25) is 0 Å². The minimum Gasteiger partial charge on any atom is -0.327 e. The van der Waals surface area contributed by atoms with E-state index in [1.165, 1.54) is 29.4 Å². The van der Waals surface area contributed by atoms with Crippen molar-refractivity contribution in [1.29, 1.82) is 0 Å². The van der Waals surface area contributed by atoms with Crippen molar-refractivity contribution < 1.29 is 0 Å². The summed E-state index contributed by atoms with van der Waals surface area (Å²) in [5.74, 6) is 0.810. The lowest BCUT2D eigenvalue weighted by Gasteiger charge is -2.08. The third-order valence-electron chi connectivity index (χ3n) is 4.21. The fraction of sp³-hybridized carbons (Fsp3) is 0.562. The molecule has 0 aliphatic heterocycles. The lowest BCUT2D eigenvalue weighted by atomic mass is 10.0. The predicted molar refractivity (Wildman–Crippen MR) is 79.0 cm³/mol. The maximum Gasteiger partial charge on any atom is 0.0703 e. The average Bonchev–Trinajstić information content (AvgIpc) is 3.22. The quantitative estimate of drug-likeness (QED) is 0.864. The molecule has 1 aromatic heterocycles. The maximum absolute atomic E-state index is 6.16. The highest BCUT2D eigenvalue weighted by Crippen LogP contribution is 2.33. The second kappa shape index (κ2) is 5.33. The van der Waals surface area contributed by atoms with Crippen LogP contribution >= 0.6 is 0 Å². The molecule has 2 N–H and O–H groups in total. The van der Waals surface area contributed by atoms with Gasteiger partial charge in [-0.1, -0.05) is 18.2 Å². The van der Waals surface area contributed by atoms with E-state index in [1.54, 1.807) is 0 Å². The number of aromatic nitrogens is 2. The Morgan fingerprint density at radius 3 is 2.89 bits per heavy atom. The van der Waals surface area contributed by atoms with E-state index in [0.717, 1.165) is 31.7 Å². The summed E-state index contributed by atoms with van der Waals surface area (Å²) in [5, 5.41) is 6.05. The first-order valence-electron chi connectivity index (χ1n) is 7.49. The summed E-state index contributed by atoms with van der Waals surface area (Å²) < 4.78 is 2.10. The van der Waals surface area contributed by atoms with Gasteiger partial charge in [-0.3, -0.25) is 4.68 Å². The van der Waals surface area contributed by atoms with Crippen LogP contribution in [0.25, 0.3) is 10.9 Å². The number of hydrogen-bond acceptors (Lipinski definition) is 2. The molecule has 2 aromatic rings. The minimum absolute atomic E-state index is 0.416.